The first-order chi connectivity index (χ1) is 4.54. The zero-order valence-corrected chi connectivity index (χ0v) is 11.1. The third kappa shape index (κ3) is 37.7. The molecular weight excluding hydrogens is 295 g/mol. The van der Waals surface area contributed by atoms with Gasteiger partial charge in [0.1, 0.15) is 0 Å². The van der Waals surface area contributed by atoms with E-state index in [2.05, 4.69) is 23.2 Å². The van der Waals surface area contributed by atoms with E-state index in [-0.39, 0.29) is 27.3 Å². The summed E-state index contributed by atoms with van der Waals surface area (Å²) in [5.74, 6) is -3.29. The van der Waals surface area contributed by atoms with Gasteiger partial charge in [0.05, 0.1) is 23.7 Å². The first kappa shape index (κ1) is 17.5. The Balaban J connectivity index is -0.000000107. The molecule has 0 bridgehead atoms. The molecule has 0 radical (unpaired) electrons. The van der Waals surface area contributed by atoms with Crippen molar-refractivity contribution in [2.24, 2.45) is 0 Å². The predicted molar refractivity (Wildman–Crippen MR) is 31.5 cm³/mol. The summed E-state index contributed by atoms with van der Waals surface area (Å²) in [7, 11) is 0. The van der Waals surface area contributed by atoms with E-state index in [1.54, 1.807) is 0 Å². The van der Waals surface area contributed by atoms with Crippen LogP contribution in [0.4, 0.5) is 0 Å². The molecule has 0 unspecified atom stereocenters. The van der Waals surface area contributed by atoms with Crippen molar-refractivity contribution in [3.8, 4) is 0 Å². The number of aliphatic carboxylic acids is 2. The van der Waals surface area contributed by atoms with Crippen LogP contribution in [-0.4, -0.2) is 23.7 Å². The molecule has 7 heteroatoms. The number of rotatable bonds is 2. The quantitative estimate of drug-likeness (QED) is 0.434. The van der Waals surface area contributed by atoms with Gasteiger partial charge in [0.25, 0.3) is 0 Å². The Hall–Kier alpha value is 0.442. The van der Waals surface area contributed by atoms with E-state index in [4.69, 9.17) is 19.8 Å². The Morgan fingerprint density at radius 3 is 1.09 bits per heavy atom. The van der Waals surface area contributed by atoms with Crippen molar-refractivity contribution >= 4 is 35.1 Å². The van der Waals surface area contributed by atoms with Gasteiger partial charge >= 0.3 is 27.3 Å². The number of hydrogen-bond donors (Lipinski definition) is 0. The Morgan fingerprint density at radius 1 is 1.00 bits per heavy atom. The van der Waals surface area contributed by atoms with Crippen molar-refractivity contribution < 1.29 is 47.1 Å². The summed E-state index contributed by atoms with van der Waals surface area (Å²) in [6.45, 7) is 0. The molecule has 0 aromatic rings. The van der Waals surface area contributed by atoms with Gasteiger partial charge in [0, 0.05) is 0 Å². The molecular formula is C4H4CdCl2O4. The molecule has 0 amide bonds. The maximum absolute atomic E-state index is 9.12. The number of hydrogen-bond acceptors (Lipinski definition) is 4. The minimum Gasteiger partial charge on any atom is -0.549 e. The smallest absolute Gasteiger partial charge is 0.549 e. The predicted octanol–water partition coefficient (Wildman–Crippen LogP) is -2.05. The van der Waals surface area contributed by atoms with Crippen molar-refractivity contribution in [2.45, 2.75) is 0 Å². The van der Waals surface area contributed by atoms with E-state index in [9.17, 15) is 0 Å². The van der Waals surface area contributed by atoms with Gasteiger partial charge in [-0.1, -0.05) is 0 Å². The monoisotopic (exact) mass is 300 g/mol. The maximum atomic E-state index is 9.12. The molecule has 0 spiro atoms. The number of halogens is 2. The molecule has 0 aliphatic heterocycles. The van der Waals surface area contributed by atoms with Crippen molar-refractivity contribution in [3.63, 3.8) is 0 Å². The third-order valence-electron chi connectivity index (χ3n) is 0.218. The molecule has 0 aromatic carbocycles. The van der Waals surface area contributed by atoms with Crippen LogP contribution in [0.1, 0.15) is 0 Å². The van der Waals surface area contributed by atoms with Crippen molar-refractivity contribution in [1.29, 1.82) is 0 Å². The first-order valence-corrected chi connectivity index (χ1v) is 3.13. The number of carbonyl (C=O) groups is 2. The molecule has 0 N–H and O–H groups in total. The summed E-state index contributed by atoms with van der Waals surface area (Å²) in [6, 6.07) is 0. The molecule has 60 valence electrons. The van der Waals surface area contributed by atoms with E-state index in [0.29, 0.717) is 0 Å². The van der Waals surface area contributed by atoms with E-state index < -0.39 is 23.7 Å². The molecule has 0 aliphatic rings. The van der Waals surface area contributed by atoms with E-state index in [1.165, 1.54) is 0 Å². The van der Waals surface area contributed by atoms with Crippen LogP contribution in [0.15, 0.2) is 0 Å². The number of carbonyl (C=O) groups excluding carboxylic acids is 2. The van der Waals surface area contributed by atoms with Gasteiger partial charge in [-0.2, -0.15) is 0 Å². The van der Waals surface area contributed by atoms with Gasteiger partial charge < -0.3 is 19.8 Å². The van der Waals surface area contributed by atoms with Gasteiger partial charge in [0.2, 0.25) is 0 Å². The first-order valence-electron chi connectivity index (χ1n) is 2.06. The standard InChI is InChI=1S/2C2H3ClO2.Cd/c2*3-1-2(4)5;/h2*1H2,(H,4,5);/q;;+2/p-2. The summed E-state index contributed by atoms with van der Waals surface area (Å²) in [5, 5.41) is 18.2. The topological polar surface area (TPSA) is 80.3 Å². The Bertz CT molecular complexity index is 105. The second kappa shape index (κ2) is 13.1. The molecule has 0 atom stereocenters. The second-order valence-electron chi connectivity index (χ2n) is 1.01. The molecule has 0 aliphatic carbocycles. The summed E-state index contributed by atoms with van der Waals surface area (Å²) in [5.41, 5.74) is 0. The minimum absolute atomic E-state index is 0. The van der Waals surface area contributed by atoms with Crippen molar-refractivity contribution in [2.75, 3.05) is 11.8 Å². The Morgan fingerprint density at radius 2 is 1.09 bits per heavy atom. The molecule has 11 heavy (non-hydrogen) atoms. The average Bonchev–Trinajstić information content (AvgIpc) is 1.89. The largest absolute Gasteiger partial charge is 2.00 e. The average molecular weight is 299 g/mol. The summed E-state index contributed by atoms with van der Waals surface area (Å²) in [4.78, 5) is 18.2. The second-order valence-corrected chi connectivity index (χ2v) is 1.55. The van der Waals surface area contributed by atoms with Gasteiger partial charge in [-0.25, -0.2) is 0 Å². The van der Waals surface area contributed by atoms with Crippen LogP contribution in [0.2, 0.25) is 0 Å². The number of carboxylic acid groups (broad SMARTS) is 2. The van der Waals surface area contributed by atoms with Crippen LogP contribution in [0, 0.1) is 0 Å². The molecule has 0 aromatic heterocycles. The Labute approximate surface area is 93.6 Å². The van der Waals surface area contributed by atoms with Crippen LogP contribution in [-0.2, 0) is 36.9 Å². The molecule has 0 saturated heterocycles. The summed E-state index contributed by atoms with van der Waals surface area (Å²) >= 11 is 9.35. The maximum Gasteiger partial charge on any atom is 2.00 e. The fraction of sp³-hybridized carbons (Fsp3) is 0.500. The van der Waals surface area contributed by atoms with E-state index in [0.717, 1.165) is 0 Å². The zero-order valence-electron chi connectivity index (χ0n) is 5.51. The molecule has 4 nitrogen and oxygen atoms in total. The van der Waals surface area contributed by atoms with Gasteiger partial charge in [-0.15, -0.1) is 23.2 Å². The van der Waals surface area contributed by atoms with Gasteiger partial charge in [-0.3, -0.25) is 0 Å². The fourth-order valence-corrected chi connectivity index (χ4v) is 0. The van der Waals surface area contributed by atoms with Crippen molar-refractivity contribution in [1.82, 2.24) is 0 Å². The fourth-order valence-electron chi connectivity index (χ4n) is 0. The summed E-state index contributed by atoms with van der Waals surface area (Å²) < 4.78 is 0. The third-order valence-corrected chi connectivity index (χ3v) is 0.655. The Kier molecular flexibility index (Phi) is 20.8. The van der Waals surface area contributed by atoms with Gasteiger partial charge in [0.15, 0.2) is 0 Å². The van der Waals surface area contributed by atoms with Crippen LogP contribution >= 0.6 is 23.2 Å². The molecule has 0 saturated carbocycles. The van der Waals surface area contributed by atoms with E-state index in [1.807, 2.05) is 0 Å². The van der Waals surface area contributed by atoms with Gasteiger partial charge in [-0.05, 0) is 0 Å². The molecule has 0 rings (SSSR count). The SMILES string of the molecule is O=C([O-])CCl.O=C([O-])CCl.[Cd+2]. The summed E-state index contributed by atoms with van der Waals surface area (Å²) in [6.07, 6.45) is 0. The zero-order chi connectivity index (χ0) is 8.57. The minimum atomic E-state index is -1.23. The number of carboxylic acids is 2. The van der Waals surface area contributed by atoms with Crippen LogP contribution in [0.5, 0.6) is 0 Å². The van der Waals surface area contributed by atoms with E-state index >= 15 is 0 Å². The normalized spacial score (nSPS) is 6.73. The number of alkyl halides is 2. The van der Waals surface area contributed by atoms with Crippen molar-refractivity contribution in [3.05, 3.63) is 0 Å². The molecule has 0 fully saturated rings. The van der Waals surface area contributed by atoms with Crippen LogP contribution in [0.3, 0.4) is 0 Å². The molecule has 0 heterocycles. The van der Waals surface area contributed by atoms with Crippen LogP contribution < -0.4 is 10.2 Å². The van der Waals surface area contributed by atoms with Crippen LogP contribution in [0.25, 0.3) is 0 Å².